The van der Waals surface area contributed by atoms with E-state index in [-0.39, 0.29) is 19.4 Å². The van der Waals surface area contributed by atoms with Gasteiger partial charge < -0.3 is 14.7 Å². The number of aliphatic carboxylic acids is 1. The Hall–Kier alpha value is -1.71. The van der Waals surface area contributed by atoms with Crippen LogP contribution in [0.4, 0.5) is 3.89 Å². The van der Waals surface area contributed by atoms with Crippen molar-refractivity contribution in [1.82, 2.24) is 4.90 Å². The number of carboxylic acid groups (broad SMARTS) is 1. The van der Waals surface area contributed by atoms with Crippen LogP contribution in [0, 0.1) is 0 Å². The van der Waals surface area contributed by atoms with Gasteiger partial charge in [-0.25, -0.2) is 4.79 Å². The van der Waals surface area contributed by atoms with Gasteiger partial charge in [0.2, 0.25) is 5.91 Å². The molecule has 120 valence electrons. The van der Waals surface area contributed by atoms with Crippen molar-refractivity contribution in [2.45, 2.75) is 37.5 Å². The first-order valence-corrected chi connectivity index (χ1v) is 7.72. The van der Waals surface area contributed by atoms with E-state index in [1.54, 1.807) is 6.92 Å². The molecule has 1 saturated heterocycles. The van der Waals surface area contributed by atoms with Crippen LogP contribution in [0.5, 0.6) is 0 Å². The summed E-state index contributed by atoms with van der Waals surface area (Å²) in [7, 11) is -4.91. The average molecular weight is 325 g/mol. The van der Waals surface area contributed by atoms with Crippen LogP contribution in [0.1, 0.15) is 26.2 Å². The molecule has 1 rings (SSSR count). The van der Waals surface area contributed by atoms with Gasteiger partial charge in [0.25, 0.3) is 0 Å². The van der Waals surface area contributed by atoms with E-state index in [4.69, 9.17) is 5.11 Å². The smallest absolute Gasteiger partial charge is 0.326 e. The topological polar surface area (TPSA) is 118 Å². The van der Waals surface area contributed by atoms with Crippen molar-refractivity contribution in [3.63, 3.8) is 0 Å². The number of likely N-dealkylation sites (tertiary alicyclic amines) is 1. The zero-order valence-electron chi connectivity index (χ0n) is 11.3. The number of carbonyl (C=O) groups excluding carboxylic acids is 2. The number of amides is 1. The second-order valence-corrected chi connectivity index (χ2v) is 6.16. The molecule has 1 N–H and O–H groups in total. The first kappa shape index (κ1) is 17.3. The molecule has 0 saturated carbocycles. The Morgan fingerprint density at radius 1 is 1.52 bits per heavy atom. The predicted molar refractivity (Wildman–Crippen MR) is 67.4 cm³/mol. The molecule has 1 fully saturated rings. The number of ether oxygens (including phenoxy) is 1. The Morgan fingerprint density at radius 2 is 2.14 bits per heavy atom. The van der Waals surface area contributed by atoms with Gasteiger partial charge in [0.15, 0.2) is 0 Å². The van der Waals surface area contributed by atoms with Gasteiger partial charge in [0.05, 0.1) is 6.61 Å². The van der Waals surface area contributed by atoms with Gasteiger partial charge >= 0.3 is 22.2 Å². The van der Waals surface area contributed by atoms with Gasteiger partial charge in [-0.15, -0.1) is 3.89 Å². The van der Waals surface area contributed by atoms with E-state index < -0.39 is 52.3 Å². The molecule has 1 unspecified atom stereocenters. The highest BCUT2D eigenvalue weighted by molar-refractivity contribution is 7.87. The van der Waals surface area contributed by atoms with Crippen LogP contribution in [0.15, 0.2) is 0 Å². The molecule has 2 atom stereocenters. The fourth-order valence-corrected chi connectivity index (χ4v) is 2.77. The molecule has 10 heteroatoms. The molecule has 0 radical (unpaired) electrons. The summed E-state index contributed by atoms with van der Waals surface area (Å²) in [6, 6.07) is -1.38. The second kappa shape index (κ2) is 6.83. The predicted octanol–water partition coefficient (Wildman–Crippen LogP) is -0.317. The first-order valence-electron chi connectivity index (χ1n) is 6.28. The zero-order valence-corrected chi connectivity index (χ0v) is 12.1. The van der Waals surface area contributed by atoms with Gasteiger partial charge in [-0.3, -0.25) is 9.59 Å². The van der Waals surface area contributed by atoms with E-state index in [2.05, 4.69) is 4.74 Å². The van der Waals surface area contributed by atoms with Gasteiger partial charge in [0.1, 0.15) is 11.3 Å². The molecule has 0 aromatic rings. The van der Waals surface area contributed by atoms with Crippen molar-refractivity contribution in [3.05, 3.63) is 0 Å². The third kappa shape index (κ3) is 4.66. The monoisotopic (exact) mass is 325 g/mol. The SMILES string of the molecule is CCOC(=O)CC[C@@H](C(=O)O)N1CC(S(=O)(=O)F)CC1=O. The maximum Gasteiger partial charge on any atom is 0.326 e. The lowest BCUT2D eigenvalue weighted by atomic mass is 10.1. The molecule has 1 heterocycles. The van der Waals surface area contributed by atoms with Gasteiger partial charge in [-0.2, -0.15) is 8.42 Å². The molecule has 0 bridgehead atoms. The lowest BCUT2D eigenvalue weighted by Gasteiger charge is -2.24. The number of carboxylic acids is 1. The van der Waals surface area contributed by atoms with Crippen LogP contribution in [-0.2, 0) is 29.3 Å². The van der Waals surface area contributed by atoms with E-state index >= 15 is 0 Å². The maximum absolute atomic E-state index is 12.9. The minimum atomic E-state index is -4.91. The third-order valence-electron chi connectivity index (χ3n) is 3.11. The summed E-state index contributed by atoms with van der Waals surface area (Å²) in [6.07, 6.45) is -1.05. The highest BCUT2D eigenvalue weighted by atomic mass is 32.3. The summed E-state index contributed by atoms with van der Waals surface area (Å²) in [5, 5.41) is 7.53. The molecule has 0 aromatic heterocycles. The number of carbonyl (C=O) groups is 3. The summed E-state index contributed by atoms with van der Waals surface area (Å²) in [5.74, 6) is -2.77. The van der Waals surface area contributed by atoms with E-state index in [1.807, 2.05) is 0 Å². The minimum absolute atomic E-state index is 0.140. The molecular weight excluding hydrogens is 309 g/mol. The summed E-state index contributed by atoms with van der Waals surface area (Å²) >= 11 is 0. The van der Waals surface area contributed by atoms with Crippen LogP contribution < -0.4 is 0 Å². The fraction of sp³-hybridized carbons (Fsp3) is 0.727. The number of halogens is 1. The lowest BCUT2D eigenvalue weighted by molar-refractivity contribution is -0.150. The normalized spacial score (nSPS) is 20.4. The van der Waals surface area contributed by atoms with Crippen molar-refractivity contribution in [3.8, 4) is 0 Å². The Balaban J connectivity index is 2.75. The summed E-state index contributed by atoms with van der Waals surface area (Å²) in [4.78, 5) is 34.8. The van der Waals surface area contributed by atoms with E-state index in [1.165, 1.54) is 0 Å². The molecule has 1 amide bonds. The average Bonchev–Trinajstić information content (AvgIpc) is 2.72. The Kier molecular flexibility index (Phi) is 5.64. The van der Waals surface area contributed by atoms with Crippen molar-refractivity contribution >= 4 is 28.1 Å². The first-order chi connectivity index (χ1) is 9.66. The largest absolute Gasteiger partial charge is 0.480 e. The Morgan fingerprint density at radius 3 is 2.57 bits per heavy atom. The highest BCUT2D eigenvalue weighted by Crippen LogP contribution is 2.23. The molecule has 21 heavy (non-hydrogen) atoms. The van der Waals surface area contributed by atoms with Crippen molar-refractivity contribution in [2.75, 3.05) is 13.2 Å². The minimum Gasteiger partial charge on any atom is -0.480 e. The molecule has 0 aromatic carbocycles. The Labute approximate surface area is 121 Å². The van der Waals surface area contributed by atoms with E-state index in [0.717, 1.165) is 4.90 Å². The van der Waals surface area contributed by atoms with Gasteiger partial charge in [-0.05, 0) is 13.3 Å². The molecular formula is C11H16FNO7S. The fourth-order valence-electron chi connectivity index (χ4n) is 2.09. The summed E-state index contributed by atoms with van der Waals surface area (Å²) < 4.78 is 39.1. The van der Waals surface area contributed by atoms with Crippen molar-refractivity contribution in [2.24, 2.45) is 0 Å². The van der Waals surface area contributed by atoms with E-state index in [0.29, 0.717) is 0 Å². The zero-order chi connectivity index (χ0) is 16.2. The summed E-state index contributed by atoms with van der Waals surface area (Å²) in [5.41, 5.74) is 0. The van der Waals surface area contributed by atoms with Crippen LogP contribution in [0.2, 0.25) is 0 Å². The van der Waals surface area contributed by atoms with Crippen LogP contribution >= 0.6 is 0 Å². The molecule has 0 spiro atoms. The van der Waals surface area contributed by atoms with E-state index in [9.17, 15) is 26.7 Å². The van der Waals surface area contributed by atoms with Crippen molar-refractivity contribution in [1.29, 1.82) is 0 Å². The maximum atomic E-state index is 12.9. The van der Waals surface area contributed by atoms with Crippen LogP contribution in [0.25, 0.3) is 0 Å². The van der Waals surface area contributed by atoms with Crippen molar-refractivity contribution < 1.29 is 36.5 Å². The van der Waals surface area contributed by atoms with Gasteiger partial charge in [0, 0.05) is 19.4 Å². The number of rotatable bonds is 7. The summed E-state index contributed by atoms with van der Waals surface area (Å²) in [6.45, 7) is 1.20. The number of hydrogen-bond donors (Lipinski definition) is 1. The second-order valence-electron chi connectivity index (χ2n) is 4.55. The molecule has 0 aliphatic carbocycles. The quantitative estimate of drug-likeness (QED) is 0.503. The standard InChI is InChI=1S/C11H16FNO7S/c1-2-20-10(15)4-3-8(11(16)17)13-6-7(5-9(13)14)21(12,18)19/h7-8H,2-6H2,1H3,(H,16,17)/t7?,8-/m0/s1. The number of hydrogen-bond acceptors (Lipinski definition) is 6. The van der Waals surface area contributed by atoms with Crippen LogP contribution in [0.3, 0.4) is 0 Å². The third-order valence-corrected chi connectivity index (χ3v) is 4.22. The molecule has 1 aliphatic rings. The Bertz CT molecular complexity index is 533. The van der Waals surface area contributed by atoms with Crippen LogP contribution in [-0.4, -0.2) is 60.7 Å². The molecule has 1 aliphatic heterocycles. The molecule has 8 nitrogen and oxygen atoms in total. The highest BCUT2D eigenvalue weighted by Gasteiger charge is 2.43. The van der Waals surface area contributed by atoms with Gasteiger partial charge in [-0.1, -0.05) is 0 Å². The number of esters is 1. The number of nitrogens with zero attached hydrogens (tertiary/aromatic N) is 1. The lowest BCUT2D eigenvalue weighted by Crippen LogP contribution is -2.43.